The summed E-state index contributed by atoms with van der Waals surface area (Å²) < 4.78 is 5.46. The number of hydrogen-bond acceptors (Lipinski definition) is 3. The van der Waals surface area contributed by atoms with Crippen LogP contribution >= 0.6 is 11.3 Å². The molecule has 0 aliphatic rings. The van der Waals surface area contributed by atoms with Crippen LogP contribution < -0.4 is 10.5 Å². The zero-order chi connectivity index (χ0) is 11.4. The van der Waals surface area contributed by atoms with Crippen molar-refractivity contribution < 1.29 is 4.74 Å². The van der Waals surface area contributed by atoms with Crippen LogP contribution in [0.3, 0.4) is 0 Å². The number of benzene rings is 1. The first-order valence-electron chi connectivity index (χ1n) is 5.31. The Morgan fingerprint density at radius 1 is 1.31 bits per heavy atom. The first kappa shape index (κ1) is 11.2. The van der Waals surface area contributed by atoms with Gasteiger partial charge in [-0.05, 0) is 47.0 Å². The lowest BCUT2D eigenvalue weighted by atomic mass is 10.0. The Morgan fingerprint density at radius 3 is 2.88 bits per heavy atom. The Hall–Kier alpha value is -1.32. The van der Waals surface area contributed by atoms with E-state index in [2.05, 4.69) is 11.4 Å². The molecular weight excluding hydrogens is 218 g/mol. The van der Waals surface area contributed by atoms with Gasteiger partial charge in [0.15, 0.2) is 0 Å². The minimum Gasteiger partial charge on any atom is -0.494 e. The minimum atomic E-state index is -0.0633. The minimum absolute atomic E-state index is 0.0633. The van der Waals surface area contributed by atoms with E-state index in [-0.39, 0.29) is 6.04 Å². The van der Waals surface area contributed by atoms with E-state index in [0.717, 1.165) is 16.9 Å². The van der Waals surface area contributed by atoms with Gasteiger partial charge >= 0.3 is 0 Å². The van der Waals surface area contributed by atoms with Crippen LogP contribution in [0.15, 0.2) is 41.1 Å². The summed E-state index contributed by atoms with van der Waals surface area (Å²) in [5.41, 5.74) is 8.42. The molecule has 0 spiro atoms. The van der Waals surface area contributed by atoms with Gasteiger partial charge in [0, 0.05) is 0 Å². The van der Waals surface area contributed by atoms with E-state index in [4.69, 9.17) is 10.5 Å². The molecule has 0 amide bonds. The fraction of sp³-hybridized carbons (Fsp3) is 0.231. The first-order chi connectivity index (χ1) is 7.81. The van der Waals surface area contributed by atoms with E-state index in [1.54, 1.807) is 11.3 Å². The Labute approximate surface area is 99.7 Å². The molecule has 0 radical (unpaired) electrons. The van der Waals surface area contributed by atoms with Crippen LogP contribution in [0.5, 0.6) is 5.75 Å². The van der Waals surface area contributed by atoms with Crippen LogP contribution in [0.2, 0.25) is 0 Å². The molecule has 1 aromatic heterocycles. The van der Waals surface area contributed by atoms with Crippen LogP contribution in [0.1, 0.15) is 24.1 Å². The third-order valence-electron chi connectivity index (χ3n) is 2.43. The molecule has 2 rings (SSSR count). The zero-order valence-electron chi connectivity index (χ0n) is 9.22. The molecule has 2 N–H and O–H groups in total. The molecule has 0 aliphatic heterocycles. The van der Waals surface area contributed by atoms with Crippen molar-refractivity contribution >= 4 is 11.3 Å². The van der Waals surface area contributed by atoms with Crippen molar-refractivity contribution in [3.63, 3.8) is 0 Å². The largest absolute Gasteiger partial charge is 0.494 e. The average Bonchev–Trinajstić information content (AvgIpc) is 2.82. The highest BCUT2D eigenvalue weighted by Crippen LogP contribution is 2.24. The smallest absolute Gasteiger partial charge is 0.119 e. The SMILES string of the molecule is CCOc1cccc(C(N)c2ccsc2)c1. The van der Waals surface area contributed by atoms with Gasteiger partial charge in [0.05, 0.1) is 12.6 Å². The molecule has 1 aromatic carbocycles. The highest BCUT2D eigenvalue weighted by atomic mass is 32.1. The molecule has 2 nitrogen and oxygen atoms in total. The summed E-state index contributed by atoms with van der Waals surface area (Å²) in [5.74, 6) is 0.880. The maximum absolute atomic E-state index is 6.18. The van der Waals surface area contributed by atoms with Gasteiger partial charge in [0.25, 0.3) is 0 Å². The van der Waals surface area contributed by atoms with Crippen molar-refractivity contribution in [3.8, 4) is 5.75 Å². The zero-order valence-corrected chi connectivity index (χ0v) is 10.0. The van der Waals surface area contributed by atoms with Crippen molar-refractivity contribution in [1.29, 1.82) is 0 Å². The highest BCUT2D eigenvalue weighted by molar-refractivity contribution is 7.08. The highest BCUT2D eigenvalue weighted by Gasteiger charge is 2.09. The molecule has 0 bridgehead atoms. The third-order valence-corrected chi connectivity index (χ3v) is 3.13. The maximum atomic E-state index is 6.18. The molecular formula is C13H15NOS. The van der Waals surface area contributed by atoms with Gasteiger partial charge in [-0.15, -0.1) is 0 Å². The molecule has 84 valence electrons. The lowest BCUT2D eigenvalue weighted by Gasteiger charge is -2.12. The van der Waals surface area contributed by atoms with Gasteiger partial charge in [-0.2, -0.15) is 11.3 Å². The molecule has 1 unspecified atom stereocenters. The standard InChI is InChI=1S/C13H15NOS/c1-2-15-12-5-3-4-10(8-12)13(14)11-6-7-16-9-11/h3-9,13H,2,14H2,1H3. The predicted octanol–water partition coefficient (Wildman–Crippen LogP) is 3.19. The van der Waals surface area contributed by atoms with Crippen molar-refractivity contribution in [1.82, 2.24) is 0 Å². The van der Waals surface area contributed by atoms with Crippen LogP contribution in [0.25, 0.3) is 0 Å². The molecule has 0 aliphatic carbocycles. The van der Waals surface area contributed by atoms with Crippen molar-refractivity contribution in [2.45, 2.75) is 13.0 Å². The van der Waals surface area contributed by atoms with E-state index in [1.165, 1.54) is 0 Å². The van der Waals surface area contributed by atoms with Crippen LogP contribution in [0, 0.1) is 0 Å². The topological polar surface area (TPSA) is 35.2 Å². The molecule has 0 fully saturated rings. The molecule has 16 heavy (non-hydrogen) atoms. The maximum Gasteiger partial charge on any atom is 0.119 e. The van der Waals surface area contributed by atoms with Gasteiger partial charge < -0.3 is 10.5 Å². The number of hydrogen-bond donors (Lipinski definition) is 1. The van der Waals surface area contributed by atoms with Crippen molar-refractivity contribution in [2.24, 2.45) is 5.73 Å². The van der Waals surface area contributed by atoms with Gasteiger partial charge in [-0.3, -0.25) is 0 Å². The lowest BCUT2D eigenvalue weighted by Crippen LogP contribution is -2.10. The first-order valence-corrected chi connectivity index (χ1v) is 6.26. The second kappa shape index (κ2) is 5.14. The summed E-state index contributed by atoms with van der Waals surface area (Å²) >= 11 is 1.67. The van der Waals surface area contributed by atoms with E-state index in [0.29, 0.717) is 6.61 Å². The average molecular weight is 233 g/mol. The van der Waals surface area contributed by atoms with Gasteiger partial charge in [0.1, 0.15) is 5.75 Å². The number of nitrogens with two attached hydrogens (primary N) is 1. The van der Waals surface area contributed by atoms with Crippen molar-refractivity contribution in [2.75, 3.05) is 6.61 Å². The summed E-state index contributed by atoms with van der Waals surface area (Å²) in [6, 6.07) is 9.96. The summed E-state index contributed by atoms with van der Waals surface area (Å²) in [5, 5.41) is 4.12. The number of ether oxygens (including phenoxy) is 1. The van der Waals surface area contributed by atoms with E-state index in [1.807, 2.05) is 36.6 Å². The second-order valence-corrected chi connectivity index (χ2v) is 4.32. The normalized spacial score (nSPS) is 12.4. The summed E-state index contributed by atoms with van der Waals surface area (Å²) in [6.45, 7) is 2.66. The number of thiophene rings is 1. The second-order valence-electron chi connectivity index (χ2n) is 3.54. The van der Waals surface area contributed by atoms with E-state index >= 15 is 0 Å². The molecule has 2 aromatic rings. The molecule has 1 heterocycles. The summed E-state index contributed by atoms with van der Waals surface area (Å²) in [6.07, 6.45) is 0. The Morgan fingerprint density at radius 2 is 2.19 bits per heavy atom. The third kappa shape index (κ3) is 2.43. The monoisotopic (exact) mass is 233 g/mol. The summed E-state index contributed by atoms with van der Waals surface area (Å²) in [7, 11) is 0. The lowest BCUT2D eigenvalue weighted by molar-refractivity contribution is 0.340. The van der Waals surface area contributed by atoms with Crippen LogP contribution in [-0.2, 0) is 0 Å². The Kier molecular flexibility index (Phi) is 3.59. The van der Waals surface area contributed by atoms with Crippen molar-refractivity contribution in [3.05, 3.63) is 52.2 Å². The van der Waals surface area contributed by atoms with E-state index < -0.39 is 0 Å². The Bertz CT molecular complexity index is 439. The quantitative estimate of drug-likeness (QED) is 0.880. The molecule has 0 saturated carbocycles. The van der Waals surface area contributed by atoms with Crippen LogP contribution in [-0.4, -0.2) is 6.61 Å². The molecule has 1 atom stereocenters. The van der Waals surface area contributed by atoms with Gasteiger partial charge in [-0.25, -0.2) is 0 Å². The molecule has 0 saturated heterocycles. The fourth-order valence-corrected chi connectivity index (χ4v) is 2.31. The fourth-order valence-electron chi connectivity index (χ4n) is 1.61. The Balaban J connectivity index is 2.23. The van der Waals surface area contributed by atoms with Gasteiger partial charge in [0.2, 0.25) is 0 Å². The predicted molar refractivity (Wildman–Crippen MR) is 68.0 cm³/mol. The van der Waals surface area contributed by atoms with Gasteiger partial charge in [-0.1, -0.05) is 12.1 Å². The molecule has 3 heteroatoms. The summed E-state index contributed by atoms with van der Waals surface area (Å²) in [4.78, 5) is 0. The number of rotatable bonds is 4. The van der Waals surface area contributed by atoms with Crippen LogP contribution in [0.4, 0.5) is 0 Å². The van der Waals surface area contributed by atoms with E-state index in [9.17, 15) is 0 Å².